The molecule has 1 saturated heterocycles. The first-order valence-electron chi connectivity index (χ1n) is 6.79. The first kappa shape index (κ1) is 15.2. The van der Waals surface area contributed by atoms with Crippen LogP contribution in [0.3, 0.4) is 0 Å². The van der Waals surface area contributed by atoms with Crippen molar-refractivity contribution in [2.24, 2.45) is 4.74 Å². The zero-order valence-corrected chi connectivity index (χ0v) is 13.2. The normalized spacial score (nSPS) is 22.4. The highest BCUT2D eigenvalue weighted by molar-refractivity contribution is 7.59. The van der Waals surface area contributed by atoms with Gasteiger partial charge in [-0.05, 0) is 34.4 Å². The Balaban J connectivity index is 3.24. The van der Waals surface area contributed by atoms with E-state index in [0.717, 1.165) is 13.1 Å². The predicted molar refractivity (Wildman–Crippen MR) is 77.3 cm³/mol. The Kier molecular flexibility index (Phi) is 5.65. The third kappa shape index (κ3) is 2.93. The molecule has 1 heterocycles. The van der Waals surface area contributed by atoms with Crippen molar-refractivity contribution in [1.29, 1.82) is 0 Å². The van der Waals surface area contributed by atoms with Gasteiger partial charge in [-0.15, -0.1) is 0 Å². The van der Waals surface area contributed by atoms with E-state index >= 15 is 0 Å². The van der Waals surface area contributed by atoms with Crippen molar-refractivity contribution < 1.29 is 0 Å². The van der Waals surface area contributed by atoms with Gasteiger partial charge in [-0.25, -0.2) is 14.0 Å². The molecule has 5 heteroatoms. The van der Waals surface area contributed by atoms with Gasteiger partial charge in [-0.1, -0.05) is 13.8 Å². The topological polar surface area (TPSA) is 22.1 Å². The lowest BCUT2D eigenvalue weighted by atomic mass is 10.4. The zero-order chi connectivity index (χ0) is 13.1. The van der Waals surface area contributed by atoms with Crippen molar-refractivity contribution in [3.8, 4) is 0 Å². The minimum absolute atomic E-state index is 0.395. The van der Waals surface area contributed by atoms with Crippen LogP contribution in [-0.2, 0) is 0 Å². The van der Waals surface area contributed by atoms with E-state index in [1.165, 1.54) is 19.5 Å². The summed E-state index contributed by atoms with van der Waals surface area (Å²) in [5.41, 5.74) is 0. The van der Waals surface area contributed by atoms with Crippen LogP contribution in [0, 0.1) is 0 Å². The predicted octanol–water partition coefficient (Wildman–Crippen LogP) is 2.95. The van der Waals surface area contributed by atoms with Crippen LogP contribution in [0.25, 0.3) is 0 Å². The summed E-state index contributed by atoms with van der Waals surface area (Å²) >= 11 is 0. The van der Waals surface area contributed by atoms with Gasteiger partial charge in [-0.3, -0.25) is 4.74 Å². The smallest absolute Gasteiger partial charge is 0.167 e. The molecule has 102 valence electrons. The summed E-state index contributed by atoms with van der Waals surface area (Å²) in [6.07, 6.45) is 1.25. The Morgan fingerprint density at radius 3 is 1.94 bits per heavy atom. The molecule has 0 aliphatic carbocycles. The van der Waals surface area contributed by atoms with E-state index in [1.807, 2.05) is 0 Å². The fraction of sp³-hybridized carbons (Fsp3) is 1.00. The monoisotopic (exact) mass is 260 g/mol. The highest BCUT2D eigenvalue weighted by atomic mass is 31.2. The summed E-state index contributed by atoms with van der Waals surface area (Å²) in [7, 11) is 2.87. The van der Waals surface area contributed by atoms with Gasteiger partial charge in [0.1, 0.15) is 0 Å². The van der Waals surface area contributed by atoms with Gasteiger partial charge >= 0.3 is 0 Å². The van der Waals surface area contributed by atoms with E-state index in [0.29, 0.717) is 6.04 Å². The minimum Gasteiger partial charge on any atom is -0.258 e. The van der Waals surface area contributed by atoms with Crippen molar-refractivity contribution in [1.82, 2.24) is 14.0 Å². The average molecular weight is 260 g/mol. The van der Waals surface area contributed by atoms with Gasteiger partial charge in [-0.2, -0.15) is 0 Å². The summed E-state index contributed by atoms with van der Waals surface area (Å²) in [5.74, 6) is 0. The molecule has 1 fully saturated rings. The van der Waals surface area contributed by atoms with Crippen LogP contribution in [0.5, 0.6) is 0 Å². The Morgan fingerprint density at radius 1 is 1.12 bits per heavy atom. The molecule has 0 unspecified atom stereocenters. The first-order chi connectivity index (χ1) is 7.98. The van der Waals surface area contributed by atoms with Crippen molar-refractivity contribution >= 4 is 7.51 Å². The van der Waals surface area contributed by atoms with Crippen LogP contribution in [0.1, 0.15) is 34.1 Å². The van der Waals surface area contributed by atoms with Gasteiger partial charge in [0.15, 0.2) is 7.51 Å². The second kappa shape index (κ2) is 6.33. The molecule has 0 N–H and O–H groups in total. The van der Waals surface area contributed by atoms with Crippen LogP contribution in [0.4, 0.5) is 0 Å². The molecule has 1 aliphatic rings. The molecule has 0 bridgehead atoms. The number of hydrogen-bond donors (Lipinski definition) is 0. The molecule has 0 spiro atoms. The molecular weight excluding hydrogens is 231 g/mol. The van der Waals surface area contributed by atoms with E-state index < -0.39 is 7.51 Å². The quantitative estimate of drug-likeness (QED) is 0.726. The number of hydrogen-bond acceptors (Lipinski definition) is 1. The van der Waals surface area contributed by atoms with E-state index in [-0.39, 0.29) is 0 Å². The molecular formula is C12H29N4P. The van der Waals surface area contributed by atoms with Crippen LogP contribution in [-0.4, -0.2) is 60.3 Å². The molecule has 0 saturated carbocycles. The number of nitrogens with zero attached hydrogens (tertiary/aromatic N) is 4. The van der Waals surface area contributed by atoms with Gasteiger partial charge in [0.25, 0.3) is 0 Å². The average Bonchev–Trinajstić information content (AvgIpc) is 2.26. The van der Waals surface area contributed by atoms with Crippen molar-refractivity contribution in [2.45, 2.75) is 40.2 Å². The van der Waals surface area contributed by atoms with E-state index in [9.17, 15) is 0 Å². The lowest BCUT2D eigenvalue weighted by molar-refractivity contribution is 0.314. The number of rotatable bonds is 4. The fourth-order valence-electron chi connectivity index (χ4n) is 2.65. The summed E-state index contributed by atoms with van der Waals surface area (Å²) in [6, 6.07) is 0.395. The maximum Gasteiger partial charge on any atom is 0.167 e. The largest absolute Gasteiger partial charge is 0.258 e. The van der Waals surface area contributed by atoms with Crippen molar-refractivity contribution in [3.05, 3.63) is 0 Å². The van der Waals surface area contributed by atoms with E-state index in [4.69, 9.17) is 4.74 Å². The third-order valence-electron chi connectivity index (χ3n) is 3.37. The molecule has 0 aromatic carbocycles. The third-order valence-corrected chi connectivity index (χ3v) is 7.70. The van der Waals surface area contributed by atoms with Crippen LogP contribution >= 0.6 is 7.51 Å². The maximum absolute atomic E-state index is 5.16. The molecule has 0 aromatic heterocycles. The second-order valence-electron chi connectivity index (χ2n) is 5.00. The zero-order valence-electron chi connectivity index (χ0n) is 12.3. The summed E-state index contributed by atoms with van der Waals surface area (Å²) < 4.78 is 12.7. The van der Waals surface area contributed by atoms with E-state index in [2.05, 4.69) is 55.8 Å². The molecule has 0 amide bonds. The molecule has 0 radical (unpaired) electrons. The summed E-state index contributed by atoms with van der Waals surface area (Å²) in [4.78, 5) is 0. The molecule has 0 aromatic rings. The maximum atomic E-state index is 5.16. The van der Waals surface area contributed by atoms with Crippen LogP contribution in [0.15, 0.2) is 4.74 Å². The molecule has 1 rings (SSSR count). The highest BCUT2D eigenvalue weighted by Gasteiger charge is 2.37. The van der Waals surface area contributed by atoms with Crippen LogP contribution < -0.4 is 0 Å². The first-order valence-corrected chi connectivity index (χ1v) is 8.39. The van der Waals surface area contributed by atoms with Gasteiger partial charge in [0.2, 0.25) is 0 Å². The Hall–Kier alpha value is 0.110. The van der Waals surface area contributed by atoms with E-state index in [1.54, 1.807) is 0 Å². The Labute approximate surface area is 107 Å². The van der Waals surface area contributed by atoms with Crippen LogP contribution in [0.2, 0.25) is 0 Å². The minimum atomic E-state index is -1.61. The highest BCUT2D eigenvalue weighted by Crippen LogP contribution is 2.59. The van der Waals surface area contributed by atoms with Gasteiger partial charge in [0, 0.05) is 32.2 Å². The fourth-order valence-corrected chi connectivity index (χ4v) is 6.73. The molecule has 1 aliphatic heterocycles. The van der Waals surface area contributed by atoms with Crippen molar-refractivity contribution in [3.63, 3.8) is 0 Å². The lowest BCUT2D eigenvalue weighted by Crippen LogP contribution is -2.43. The molecule has 0 atom stereocenters. The standard InChI is InChI=1S/C12H29N4P/c1-7-16(8-2)17(13-12(3)4)14(5)10-9-11-15(17)6/h12H,7-11H2,1-6H3. The Morgan fingerprint density at radius 2 is 1.59 bits per heavy atom. The van der Waals surface area contributed by atoms with Crippen molar-refractivity contribution in [2.75, 3.05) is 40.3 Å². The summed E-state index contributed by atoms with van der Waals surface area (Å²) in [6.45, 7) is 13.4. The Bertz CT molecular complexity index is 272. The lowest BCUT2D eigenvalue weighted by Gasteiger charge is -2.50. The van der Waals surface area contributed by atoms with Gasteiger partial charge in [0.05, 0.1) is 0 Å². The molecule has 17 heavy (non-hydrogen) atoms. The SMILES string of the molecule is CCN(CC)P1(=NC(C)C)N(C)CCCN1C. The van der Waals surface area contributed by atoms with Gasteiger partial charge < -0.3 is 0 Å². The second-order valence-corrected chi connectivity index (χ2v) is 8.24. The molecule has 4 nitrogen and oxygen atoms in total. The summed E-state index contributed by atoms with van der Waals surface area (Å²) in [5, 5.41) is 0.